The molecule has 0 N–H and O–H groups in total. The summed E-state index contributed by atoms with van der Waals surface area (Å²) >= 11 is 0. The minimum atomic E-state index is -8.04. The second-order valence-electron chi connectivity index (χ2n) is 4.14. The fourth-order valence-electron chi connectivity index (χ4n) is 1.18. The summed E-state index contributed by atoms with van der Waals surface area (Å²) in [5.74, 6) is -39.4. The topological polar surface area (TPSA) is 9.23 Å². The average molecular weight is 412 g/mol. The van der Waals surface area contributed by atoms with E-state index in [1.54, 1.807) is 0 Å². The number of hydrogen-bond acceptors (Lipinski definition) is 1. The first-order chi connectivity index (χ1) is 10.6. The average Bonchev–Trinajstić information content (AvgIpc) is 2.35. The van der Waals surface area contributed by atoms with Crippen LogP contribution in [0.2, 0.25) is 0 Å². The quantitative estimate of drug-likeness (QED) is 0.430. The van der Waals surface area contributed by atoms with Crippen molar-refractivity contribution < 1.29 is 70.6 Å². The summed E-state index contributed by atoms with van der Waals surface area (Å²) in [4.78, 5) is 0. The minimum Gasteiger partial charge on any atom is -0.490 e. The van der Waals surface area contributed by atoms with Crippen LogP contribution in [0.3, 0.4) is 0 Å². The Bertz CT molecular complexity index is 522. The maximum Gasteiger partial charge on any atom is 0.460 e. The summed E-state index contributed by atoms with van der Waals surface area (Å²) in [6, 6.07) is 0. The molecule has 0 aliphatic rings. The minimum absolute atomic E-state index is 0.237. The maximum atomic E-state index is 13.0. The highest BCUT2D eigenvalue weighted by Crippen LogP contribution is 2.59. The van der Waals surface area contributed by atoms with Gasteiger partial charge in [-0.15, -0.1) is 0 Å². The van der Waals surface area contributed by atoms with Crippen LogP contribution < -0.4 is 0 Å². The molecule has 0 saturated carbocycles. The fraction of sp³-hybridized carbons (Fsp3) is 0.778. The Labute approximate surface area is 127 Å². The van der Waals surface area contributed by atoms with Gasteiger partial charge < -0.3 is 4.74 Å². The first kappa shape index (κ1) is 23.5. The molecule has 0 atom stereocenters. The summed E-state index contributed by atoms with van der Waals surface area (Å²) < 4.78 is 190. The van der Waals surface area contributed by atoms with Gasteiger partial charge in [-0.05, 0) is 0 Å². The van der Waals surface area contributed by atoms with Crippen LogP contribution in [0.25, 0.3) is 0 Å². The molecule has 0 saturated heterocycles. The summed E-state index contributed by atoms with van der Waals surface area (Å²) in [5, 5.41) is 0. The zero-order valence-electron chi connectivity index (χ0n) is 11.1. The molecule has 0 aliphatic heterocycles. The Hall–Kier alpha value is -1.51. The lowest BCUT2D eigenvalue weighted by Gasteiger charge is -2.36. The molecule has 0 amide bonds. The van der Waals surface area contributed by atoms with E-state index in [9.17, 15) is 65.9 Å². The largest absolute Gasteiger partial charge is 0.490 e. The van der Waals surface area contributed by atoms with E-state index in [0.29, 0.717) is 0 Å². The number of alkyl halides is 14. The Morgan fingerprint density at radius 3 is 1.20 bits per heavy atom. The van der Waals surface area contributed by atoms with Crippen LogP contribution in [0, 0.1) is 0 Å². The van der Waals surface area contributed by atoms with Crippen LogP contribution in [-0.4, -0.2) is 43.2 Å². The zero-order valence-corrected chi connectivity index (χ0v) is 11.1. The highest BCUT2D eigenvalue weighted by atomic mass is 19.4. The molecule has 0 heterocycles. The summed E-state index contributed by atoms with van der Waals surface area (Å²) in [6.07, 6.45) is -13.9. The van der Waals surface area contributed by atoms with Gasteiger partial charge >= 0.3 is 36.0 Å². The summed E-state index contributed by atoms with van der Waals surface area (Å²) in [7, 11) is -0.237. The van der Waals surface area contributed by atoms with Crippen molar-refractivity contribution in [3.63, 3.8) is 0 Å². The smallest absolute Gasteiger partial charge is 0.460 e. The molecular formula is C9H3F15O. The molecule has 0 aromatic rings. The van der Waals surface area contributed by atoms with E-state index in [1.807, 2.05) is 0 Å². The SMILES string of the molecule is COC(=C(F)C(F)(F)C(F)(F)C(F)(F)C(F)(F)C(F)(F)F)C(F)(F)F. The fourth-order valence-corrected chi connectivity index (χ4v) is 1.18. The summed E-state index contributed by atoms with van der Waals surface area (Å²) in [6.45, 7) is 0. The molecular weight excluding hydrogens is 409 g/mol. The highest BCUT2D eigenvalue weighted by molar-refractivity contribution is 5.22. The molecule has 0 fully saturated rings. The van der Waals surface area contributed by atoms with Crippen molar-refractivity contribution in [1.82, 2.24) is 0 Å². The molecule has 150 valence electrons. The third-order valence-electron chi connectivity index (χ3n) is 2.48. The van der Waals surface area contributed by atoms with Crippen molar-refractivity contribution in [2.45, 2.75) is 36.0 Å². The predicted molar refractivity (Wildman–Crippen MR) is 47.0 cm³/mol. The van der Waals surface area contributed by atoms with E-state index in [4.69, 9.17) is 0 Å². The van der Waals surface area contributed by atoms with Gasteiger partial charge in [0.25, 0.3) is 0 Å². The molecule has 1 nitrogen and oxygen atoms in total. The van der Waals surface area contributed by atoms with E-state index in [-0.39, 0.29) is 7.11 Å². The lowest BCUT2D eigenvalue weighted by atomic mass is 9.96. The standard InChI is InChI=1S/C9H3F15O/c1-25-3(5(13,14)15)2(10)4(11,12)6(16,17)7(18,19)8(20,21)9(22,23)24/h1H3. The Morgan fingerprint density at radius 2 is 0.960 bits per heavy atom. The van der Waals surface area contributed by atoms with Crippen molar-refractivity contribution >= 4 is 0 Å². The van der Waals surface area contributed by atoms with Crippen LogP contribution in [-0.2, 0) is 4.74 Å². The Balaban J connectivity index is 6.55. The van der Waals surface area contributed by atoms with Gasteiger partial charge in [0.05, 0.1) is 7.11 Å². The number of ether oxygens (including phenoxy) is 1. The normalized spacial score (nSPS) is 16.6. The Morgan fingerprint density at radius 1 is 0.600 bits per heavy atom. The molecule has 0 spiro atoms. The number of rotatable bonds is 5. The molecule has 0 bridgehead atoms. The van der Waals surface area contributed by atoms with Crippen LogP contribution in [0.1, 0.15) is 0 Å². The molecule has 0 unspecified atom stereocenters. The second kappa shape index (κ2) is 6.03. The molecule has 16 heteroatoms. The van der Waals surface area contributed by atoms with Gasteiger partial charge in [0.15, 0.2) is 0 Å². The van der Waals surface area contributed by atoms with Crippen molar-refractivity contribution in [3.05, 3.63) is 11.6 Å². The van der Waals surface area contributed by atoms with Gasteiger partial charge in [0, 0.05) is 0 Å². The van der Waals surface area contributed by atoms with E-state index < -0.39 is 47.6 Å². The number of allylic oxidation sites excluding steroid dienone is 2. The van der Waals surface area contributed by atoms with Gasteiger partial charge in [-0.3, -0.25) is 0 Å². The number of methoxy groups -OCH3 is 1. The van der Waals surface area contributed by atoms with Gasteiger partial charge in [-0.1, -0.05) is 0 Å². The van der Waals surface area contributed by atoms with Crippen molar-refractivity contribution in [2.24, 2.45) is 0 Å². The lowest BCUT2D eigenvalue weighted by molar-refractivity contribution is -0.419. The first-order valence-corrected chi connectivity index (χ1v) is 5.20. The molecule has 25 heavy (non-hydrogen) atoms. The highest BCUT2D eigenvalue weighted by Gasteiger charge is 2.88. The molecule has 0 rings (SSSR count). The first-order valence-electron chi connectivity index (χ1n) is 5.20. The molecule has 0 aromatic carbocycles. The van der Waals surface area contributed by atoms with Crippen LogP contribution >= 0.6 is 0 Å². The number of halogens is 15. The zero-order chi connectivity index (χ0) is 20.9. The molecule has 0 aliphatic carbocycles. The van der Waals surface area contributed by atoms with Gasteiger partial charge in [0.2, 0.25) is 11.6 Å². The van der Waals surface area contributed by atoms with Crippen molar-refractivity contribution in [2.75, 3.05) is 7.11 Å². The monoisotopic (exact) mass is 412 g/mol. The van der Waals surface area contributed by atoms with Crippen molar-refractivity contribution in [3.8, 4) is 0 Å². The van der Waals surface area contributed by atoms with E-state index in [0.717, 1.165) is 0 Å². The van der Waals surface area contributed by atoms with Gasteiger partial charge in [-0.25, -0.2) is 4.39 Å². The van der Waals surface area contributed by atoms with Crippen LogP contribution in [0.5, 0.6) is 0 Å². The second-order valence-corrected chi connectivity index (χ2v) is 4.14. The third kappa shape index (κ3) is 3.43. The Kier molecular flexibility index (Phi) is 5.67. The number of hydrogen-bond donors (Lipinski definition) is 0. The van der Waals surface area contributed by atoms with Gasteiger partial charge in [0.1, 0.15) is 0 Å². The van der Waals surface area contributed by atoms with Gasteiger partial charge in [-0.2, -0.15) is 61.5 Å². The maximum absolute atomic E-state index is 13.0. The predicted octanol–water partition coefficient (Wildman–Crippen LogP) is 5.48. The summed E-state index contributed by atoms with van der Waals surface area (Å²) in [5.41, 5.74) is 0. The van der Waals surface area contributed by atoms with Crippen LogP contribution in [0.15, 0.2) is 11.6 Å². The van der Waals surface area contributed by atoms with Crippen molar-refractivity contribution in [1.29, 1.82) is 0 Å². The molecule has 0 aromatic heterocycles. The third-order valence-corrected chi connectivity index (χ3v) is 2.48. The molecule has 0 radical (unpaired) electrons. The van der Waals surface area contributed by atoms with E-state index >= 15 is 0 Å². The van der Waals surface area contributed by atoms with E-state index in [1.165, 1.54) is 0 Å². The van der Waals surface area contributed by atoms with Crippen LogP contribution in [0.4, 0.5) is 65.9 Å². The van der Waals surface area contributed by atoms with E-state index in [2.05, 4.69) is 4.74 Å². The lowest BCUT2D eigenvalue weighted by Crippen LogP contribution is -2.66.